The Morgan fingerprint density at radius 1 is 1.50 bits per heavy atom. The van der Waals surface area contributed by atoms with Crippen LogP contribution in [0.1, 0.15) is 6.42 Å². The summed E-state index contributed by atoms with van der Waals surface area (Å²) >= 11 is 0. The fraction of sp³-hybridized carbons (Fsp3) is 0.636. The average Bonchev–Trinajstić information content (AvgIpc) is 3.00. The van der Waals surface area contributed by atoms with Gasteiger partial charge in [0.05, 0.1) is 25.7 Å². The molecule has 0 aromatic carbocycles. The largest absolute Gasteiger partial charge is 0.394 e. The minimum Gasteiger partial charge on any atom is -0.394 e. The maximum absolute atomic E-state index is 9.78. The number of nitrogens with one attached hydrogen (secondary N) is 1. The van der Waals surface area contributed by atoms with Gasteiger partial charge in [0.25, 0.3) is 0 Å². The molecule has 4 N–H and O–H groups in total. The number of rotatable bonds is 3. The Labute approximate surface area is 114 Å². The molecule has 0 aromatic rings. The number of fused-ring (bicyclic) bond motifs is 1. The normalized spacial score (nSPS) is 39.4. The third-order valence-electron chi connectivity index (χ3n) is 3.70. The fourth-order valence-corrected chi connectivity index (χ4v) is 2.52. The first-order chi connectivity index (χ1) is 9.62. The highest BCUT2D eigenvalue weighted by Gasteiger charge is 2.51. The van der Waals surface area contributed by atoms with Crippen molar-refractivity contribution in [3.05, 3.63) is 0 Å². The van der Waals surface area contributed by atoms with Gasteiger partial charge in [-0.15, -0.1) is 0 Å². The molecule has 0 saturated carbocycles. The molecule has 9 heteroatoms. The molecule has 20 heavy (non-hydrogen) atoms. The van der Waals surface area contributed by atoms with E-state index in [4.69, 9.17) is 15.3 Å². The van der Waals surface area contributed by atoms with Crippen molar-refractivity contribution in [2.45, 2.75) is 30.4 Å². The van der Waals surface area contributed by atoms with Crippen LogP contribution in [-0.2, 0) is 4.74 Å². The van der Waals surface area contributed by atoms with E-state index in [-0.39, 0.29) is 18.9 Å². The second-order valence-electron chi connectivity index (χ2n) is 4.83. The number of amidine groups is 2. The topological polar surface area (TPSA) is 134 Å². The maximum atomic E-state index is 9.78. The summed E-state index contributed by atoms with van der Waals surface area (Å²) < 4.78 is 5.54. The molecule has 3 rings (SSSR count). The lowest BCUT2D eigenvalue weighted by Crippen LogP contribution is -2.53. The average molecular weight is 281 g/mol. The first-order valence-corrected chi connectivity index (χ1v) is 6.21. The van der Waals surface area contributed by atoms with Gasteiger partial charge in [-0.25, -0.2) is 15.0 Å². The van der Waals surface area contributed by atoms with Gasteiger partial charge in [-0.2, -0.15) is 0 Å². The van der Waals surface area contributed by atoms with Gasteiger partial charge in [-0.3, -0.25) is 10.3 Å². The summed E-state index contributed by atoms with van der Waals surface area (Å²) in [5.41, 5.74) is -1.29. The number of aliphatic hydroxyl groups excluding tert-OH is 3. The van der Waals surface area contributed by atoms with Crippen LogP contribution in [0.5, 0.6) is 0 Å². The molecule has 1 saturated heterocycles. The molecule has 0 spiro atoms. The molecule has 9 nitrogen and oxygen atoms in total. The van der Waals surface area contributed by atoms with E-state index < -0.39 is 30.6 Å². The lowest BCUT2D eigenvalue weighted by molar-refractivity contribution is -0.0435. The van der Waals surface area contributed by atoms with Gasteiger partial charge in [0.2, 0.25) is 5.54 Å². The van der Waals surface area contributed by atoms with E-state index in [9.17, 15) is 10.2 Å². The highest BCUT2D eigenvalue weighted by molar-refractivity contribution is 6.24. The molecule has 0 aromatic heterocycles. The standard InChI is InChI=1S/C11H15N5O4/c12-9-11(3-18)10(14-4-13-9)16(5-15-11)8-1-6(19)7(2-17)20-8/h4-8,12,17-19H,1-3H2/t6-,7+,8+,11?/m0/s1. The summed E-state index contributed by atoms with van der Waals surface area (Å²) in [5, 5.41) is 36.3. The second-order valence-corrected chi connectivity index (χ2v) is 4.83. The van der Waals surface area contributed by atoms with Crippen molar-refractivity contribution in [2.75, 3.05) is 13.2 Å². The van der Waals surface area contributed by atoms with E-state index in [0.717, 1.165) is 0 Å². The molecule has 0 amide bonds. The van der Waals surface area contributed by atoms with Crippen LogP contribution in [0.25, 0.3) is 0 Å². The molecular weight excluding hydrogens is 266 g/mol. The summed E-state index contributed by atoms with van der Waals surface area (Å²) in [7, 11) is 0. The van der Waals surface area contributed by atoms with Crippen LogP contribution in [0.4, 0.5) is 0 Å². The molecule has 108 valence electrons. The quantitative estimate of drug-likeness (QED) is 0.472. The third kappa shape index (κ3) is 1.71. The van der Waals surface area contributed by atoms with Crippen LogP contribution in [0.15, 0.2) is 15.0 Å². The minimum atomic E-state index is -1.29. The molecule has 3 aliphatic rings. The van der Waals surface area contributed by atoms with Gasteiger partial charge in [0.1, 0.15) is 18.7 Å². The zero-order valence-electron chi connectivity index (χ0n) is 10.5. The second kappa shape index (κ2) is 4.70. The smallest absolute Gasteiger partial charge is 0.201 e. The van der Waals surface area contributed by atoms with E-state index in [1.54, 1.807) is 4.90 Å². The van der Waals surface area contributed by atoms with Crippen LogP contribution >= 0.6 is 0 Å². The van der Waals surface area contributed by atoms with Crippen LogP contribution in [0.3, 0.4) is 0 Å². The first kappa shape index (κ1) is 13.3. The van der Waals surface area contributed by atoms with Gasteiger partial charge in [-0.1, -0.05) is 0 Å². The molecule has 0 bridgehead atoms. The summed E-state index contributed by atoms with van der Waals surface area (Å²) in [4.78, 5) is 13.6. The zero-order chi connectivity index (χ0) is 14.3. The van der Waals surface area contributed by atoms with Gasteiger partial charge in [-0.05, 0) is 0 Å². The van der Waals surface area contributed by atoms with Gasteiger partial charge >= 0.3 is 0 Å². The summed E-state index contributed by atoms with van der Waals surface area (Å²) in [6.45, 7) is -0.703. The predicted molar refractivity (Wildman–Crippen MR) is 70.2 cm³/mol. The lowest BCUT2D eigenvalue weighted by Gasteiger charge is -2.30. The highest BCUT2D eigenvalue weighted by Crippen LogP contribution is 2.31. The number of nitrogens with zero attached hydrogens (tertiary/aromatic N) is 4. The van der Waals surface area contributed by atoms with Crippen LogP contribution in [0.2, 0.25) is 0 Å². The van der Waals surface area contributed by atoms with Crippen molar-refractivity contribution in [1.82, 2.24) is 4.90 Å². The molecule has 3 heterocycles. The fourth-order valence-electron chi connectivity index (χ4n) is 2.52. The first-order valence-electron chi connectivity index (χ1n) is 6.21. The van der Waals surface area contributed by atoms with Crippen molar-refractivity contribution >= 4 is 24.3 Å². The van der Waals surface area contributed by atoms with Crippen molar-refractivity contribution in [3.8, 4) is 0 Å². The molecule has 3 aliphatic heterocycles. The number of aliphatic imine (C=N–C) groups is 3. The van der Waals surface area contributed by atoms with Crippen LogP contribution < -0.4 is 0 Å². The van der Waals surface area contributed by atoms with E-state index in [1.807, 2.05) is 0 Å². The molecule has 0 radical (unpaired) electrons. The summed E-state index contributed by atoms with van der Waals surface area (Å²) in [6, 6.07) is 0. The SMILES string of the molecule is N=C1N=CN=C2N([C@H]3C[C@H](O)[C@@H](CO)O3)C=NC12CO. The highest BCUT2D eigenvalue weighted by atomic mass is 16.5. The number of aliphatic hydroxyl groups is 3. The Morgan fingerprint density at radius 2 is 2.30 bits per heavy atom. The molecule has 4 atom stereocenters. The Balaban J connectivity index is 1.87. The molecule has 1 fully saturated rings. The van der Waals surface area contributed by atoms with Crippen molar-refractivity contribution in [3.63, 3.8) is 0 Å². The minimum absolute atomic E-state index is 0.0963. The lowest BCUT2D eigenvalue weighted by atomic mass is 9.97. The van der Waals surface area contributed by atoms with E-state index in [1.165, 1.54) is 12.7 Å². The predicted octanol–water partition coefficient (Wildman–Crippen LogP) is -2.05. The van der Waals surface area contributed by atoms with Crippen molar-refractivity contribution in [2.24, 2.45) is 15.0 Å². The van der Waals surface area contributed by atoms with Gasteiger partial charge in [0, 0.05) is 6.42 Å². The molecular formula is C11H15N5O4. The van der Waals surface area contributed by atoms with Crippen molar-refractivity contribution in [1.29, 1.82) is 5.41 Å². The van der Waals surface area contributed by atoms with E-state index in [2.05, 4.69) is 15.0 Å². The summed E-state index contributed by atoms with van der Waals surface area (Å²) in [5.74, 6) is 0.247. The number of hydrogen-bond acceptors (Lipinski definition) is 8. The number of hydrogen-bond donors (Lipinski definition) is 4. The van der Waals surface area contributed by atoms with E-state index in [0.29, 0.717) is 5.84 Å². The Morgan fingerprint density at radius 3 is 2.95 bits per heavy atom. The van der Waals surface area contributed by atoms with Crippen LogP contribution in [0, 0.1) is 5.41 Å². The van der Waals surface area contributed by atoms with Crippen molar-refractivity contribution < 1.29 is 20.1 Å². The van der Waals surface area contributed by atoms with E-state index >= 15 is 0 Å². The van der Waals surface area contributed by atoms with Crippen LogP contribution in [-0.4, -0.2) is 81.8 Å². The molecule has 1 unspecified atom stereocenters. The third-order valence-corrected chi connectivity index (χ3v) is 3.70. The van der Waals surface area contributed by atoms with Gasteiger partial charge < -0.3 is 20.1 Å². The monoisotopic (exact) mass is 281 g/mol. The maximum Gasteiger partial charge on any atom is 0.201 e. The Hall–Kier alpha value is -1.68. The zero-order valence-corrected chi connectivity index (χ0v) is 10.5. The summed E-state index contributed by atoms with van der Waals surface area (Å²) in [6.07, 6.45) is 0.951. The number of ether oxygens (including phenoxy) is 1. The Bertz CT molecular complexity index is 519. The Kier molecular flexibility index (Phi) is 3.13. The molecule has 0 aliphatic carbocycles. The van der Waals surface area contributed by atoms with Gasteiger partial charge in [0.15, 0.2) is 11.7 Å².